The molecule has 0 aliphatic rings. The highest BCUT2D eigenvalue weighted by Crippen LogP contribution is 2.33. The Labute approximate surface area is 169 Å². The van der Waals surface area contributed by atoms with E-state index < -0.39 is 0 Å². The number of thiazole rings is 1. The summed E-state index contributed by atoms with van der Waals surface area (Å²) in [5.41, 5.74) is 1.47. The number of para-hydroxylation sites is 1. The van der Waals surface area contributed by atoms with Gasteiger partial charge in [-0.3, -0.25) is 9.69 Å². The zero-order valence-electron chi connectivity index (χ0n) is 15.5. The Kier molecular flexibility index (Phi) is 4.29. The zero-order chi connectivity index (χ0) is 19.8. The first kappa shape index (κ1) is 17.5. The van der Waals surface area contributed by atoms with Crippen molar-refractivity contribution in [1.29, 1.82) is 0 Å². The van der Waals surface area contributed by atoms with Gasteiger partial charge in [0.15, 0.2) is 10.9 Å². The quantitative estimate of drug-likeness (QED) is 0.387. The minimum absolute atomic E-state index is 0.250. The van der Waals surface area contributed by atoms with Crippen LogP contribution < -0.4 is 9.64 Å². The normalized spacial score (nSPS) is 11.2. The number of carbonyl (C=O) groups is 1. The minimum Gasteiger partial charge on any atom is -0.497 e. The molecule has 29 heavy (non-hydrogen) atoms. The maximum atomic E-state index is 13.4. The van der Waals surface area contributed by atoms with Crippen molar-refractivity contribution in [3.8, 4) is 5.75 Å². The van der Waals surface area contributed by atoms with Crippen molar-refractivity contribution in [2.75, 3.05) is 12.0 Å². The summed E-state index contributed by atoms with van der Waals surface area (Å²) in [5, 5.41) is 1.44. The fourth-order valence-electron chi connectivity index (χ4n) is 3.14. The number of hydrogen-bond donors (Lipinski definition) is 0. The molecule has 0 aliphatic heterocycles. The number of furan rings is 2. The lowest BCUT2D eigenvalue weighted by Crippen LogP contribution is -2.29. The van der Waals surface area contributed by atoms with E-state index in [1.807, 2.05) is 48.5 Å². The Hall–Kier alpha value is -3.58. The number of amides is 1. The molecule has 144 valence electrons. The molecule has 5 rings (SSSR count). The van der Waals surface area contributed by atoms with Gasteiger partial charge in [0, 0.05) is 5.39 Å². The molecule has 0 saturated heterocycles. The van der Waals surface area contributed by atoms with E-state index >= 15 is 0 Å². The van der Waals surface area contributed by atoms with E-state index in [9.17, 15) is 4.79 Å². The van der Waals surface area contributed by atoms with Gasteiger partial charge in [-0.2, -0.15) is 0 Å². The number of ether oxygens (including phenoxy) is 1. The lowest BCUT2D eigenvalue weighted by molar-refractivity contribution is 0.0958. The molecule has 0 fully saturated rings. The first-order valence-corrected chi connectivity index (χ1v) is 9.80. The average Bonchev–Trinajstić information content (AvgIpc) is 3.49. The predicted molar refractivity (Wildman–Crippen MR) is 112 cm³/mol. The van der Waals surface area contributed by atoms with E-state index in [0.29, 0.717) is 16.5 Å². The Bertz CT molecular complexity index is 1270. The van der Waals surface area contributed by atoms with Gasteiger partial charge in [-0.05, 0) is 42.5 Å². The van der Waals surface area contributed by atoms with Crippen LogP contribution in [0.5, 0.6) is 5.75 Å². The van der Waals surface area contributed by atoms with Crippen LogP contribution in [0.1, 0.15) is 16.3 Å². The van der Waals surface area contributed by atoms with Gasteiger partial charge in [0.05, 0.1) is 30.1 Å². The first-order chi connectivity index (χ1) is 14.2. The third kappa shape index (κ3) is 3.25. The number of nitrogens with zero attached hydrogens (tertiary/aromatic N) is 2. The molecule has 0 atom stereocenters. The predicted octanol–water partition coefficient (Wildman–Crippen LogP) is 5.49. The summed E-state index contributed by atoms with van der Waals surface area (Å²) in [5.74, 6) is 1.39. The van der Waals surface area contributed by atoms with E-state index in [2.05, 4.69) is 4.98 Å². The van der Waals surface area contributed by atoms with Gasteiger partial charge in [0.1, 0.15) is 17.1 Å². The Morgan fingerprint density at radius 1 is 1.14 bits per heavy atom. The van der Waals surface area contributed by atoms with E-state index in [-0.39, 0.29) is 18.2 Å². The van der Waals surface area contributed by atoms with Gasteiger partial charge in [0.25, 0.3) is 5.91 Å². The van der Waals surface area contributed by atoms with E-state index in [4.69, 9.17) is 13.6 Å². The third-order valence-electron chi connectivity index (χ3n) is 4.59. The van der Waals surface area contributed by atoms with Gasteiger partial charge in [-0.15, -0.1) is 0 Å². The zero-order valence-corrected chi connectivity index (χ0v) is 16.3. The standard InChI is InChI=1S/C22H16N2O4S/c1-26-15-8-9-17-20(12-15)29-22(23-17)24(13-16-6-4-10-27-16)21(25)19-11-14-5-2-3-7-18(14)28-19/h2-12H,13H2,1H3. The fraction of sp³-hybridized carbons (Fsp3) is 0.0909. The largest absolute Gasteiger partial charge is 0.497 e. The number of fused-ring (bicyclic) bond motifs is 2. The Morgan fingerprint density at radius 2 is 2.03 bits per heavy atom. The minimum atomic E-state index is -0.274. The Balaban J connectivity index is 1.58. The molecule has 0 spiro atoms. The molecular weight excluding hydrogens is 388 g/mol. The van der Waals surface area contributed by atoms with Gasteiger partial charge < -0.3 is 13.6 Å². The molecule has 3 aromatic heterocycles. The average molecular weight is 404 g/mol. The number of rotatable bonds is 5. The van der Waals surface area contributed by atoms with Gasteiger partial charge in [0.2, 0.25) is 0 Å². The molecule has 0 radical (unpaired) electrons. The van der Waals surface area contributed by atoms with Crippen molar-refractivity contribution in [2.45, 2.75) is 6.54 Å². The van der Waals surface area contributed by atoms with Crippen LogP contribution in [-0.4, -0.2) is 18.0 Å². The first-order valence-electron chi connectivity index (χ1n) is 8.99. The summed E-state index contributed by atoms with van der Waals surface area (Å²) in [4.78, 5) is 19.6. The molecule has 0 unspecified atom stereocenters. The number of benzene rings is 2. The van der Waals surface area contributed by atoms with Crippen LogP contribution in [-0.2, 0) is 6.54 Å². The number of methoxy groups -OCH3 is 1. The van der Waals surface area contributed by atoms with Crippen molar-refractivity contribution in [3.05, 3.63) is 78.4 Å². The molecule has 6 nitrogen and oxygen atoms in total. The Morgan fingerprint density at radius 3 is 2.83 bits per heavy atom. The third-order valence-corrected chi connectivity index (χ3v) is 5.63. The van der Waals surface area contributed by atoms with Crippen molar-refractivity contribution >= 4 is 43.6 Å². The maximum Gasteiger partial charge on any atom is 0.296 e. The summed E-state index contributed by atoms with van der Waals surface area (Å²) in [6.07, 6.45) is 1.59. The summed E-state index contributed by atoms with van der Waals surface area (Å²) < 4.78 is 17.5. The molecule has 3 heterocycles. The number of anilines is 1. The second-order valence-corrected chi connectivity index (χ2v) is 7.46. The van der Waals surface area contributed by atoms with Crippen molar-refractivity contribution < 1.29 is 18.4 Å². The van der Waals surface area contributed by atoms with E-state index in [0.717, 1.165) is 21.4 Å². The van der Waals surface area contributed by atoms with Crippen LogP contribution in [0.2, 0.25) is 0 Å². The second-order valence-electron chi connectivity index (χ2n) is 6.45. The molecule has 7 heteroatoms. The van der Waals surface area contributed by atoms with E-state index in [1.165, 1.54) is 11.3 Å². The van der Waals surface area contributed by atoms with Gasteiger partial charge in [-0.25, -0.2) is 4.98 Å². The maximum absolute atomic E-state index is 13.4. The molecule has 1 amide bonds. The second kappa shape index (κ2) is 7.10. The lowest BCUT2D eigenvalue weighted by Gasteiger charge is -2.17. The van der Waals surface area contributed by atoms with Crippen molar-refractivity contribution in [1.82, 2.24) is 4.98 Å². The lowest BCUT2D eigenvalue weighted by atomic mass is 10.2. The smallest absolute Gasteiger partial charge is 0.296 e. The van der Waals surface area contributed by atoms with Crippen molar-refractivity contribution in [3.63, 3.8) is 0 Å². The number of hydrogen-bond acceptors (Lipinski definition) is 6. The number of carbonyl (C=O) groups excluding carboxylic acids is 1. The molecule has 0 N–H and O–H groups in total. The van der Waals surface area contributed by atoms with Crippen molar-refractivity contribution in [2.24, 2.45) is 0 Å². The molecule has 0 aliphatic carbocycles. The molecular formula is C22H16N2O4S. The highest BCUT2D eigenvalue weighted by molar-refractivity contribution is 7.22. The summed E-state index contributed by atoms with van der Waals surface area (Å²) in [6, 6.07) is 18.6. The molecule has 0 saturated carbocycles. The fourth-order valence-corrected chi connectivity index (χ4v) is 4.13. The van der Waals surface area contributed by atoms with Gasteiger partial charge >= 0.3 is 0 Å². The molecule has 0 bridgehead atoms. The topological polar surface area (TPSA) is 68.7 Å². The molecule has 2 aromatic carbocycles. The molecule has 5 aromatic rings. The van der Waals surface area contributed by atoms with Gasteiger partial charge in [-0.1, -0.05) is 29.5 Å². The van der Waals surface area contributed by atoms with E-state index in [1.54, 1.807) is 30.4 Å². The summed E-state index contributed by atoms with van der Waals surface area (Å²) in [7, 11) is 1.62. The van der Waals surface area contributed by atoms with Crippen LogP contribution in [0.15, 0.2) is 75.8 Å². The van der Waals surface area contributed by atoms with Crippen LogP contribution in [0.3, 0.4) is 0 Å². The van der Waals surface area contributed by atoms with Crippen LogP contribution in [0, 0.1) is 0 Å². The monoisotopic (exact) mass is 404 g/mol. The van der Waals surface area contributed by atoms with Crippen LogP contribution in [0.4, 0.5) is 5.13 Å². The highest BCUT2D eigenvalue weighted by Gasteiger charge is 2.25. The summed E-state index contributed by atoms with van der Waals surface area (Å²) in [6.45, 7) is 0.250. The highest BCUT2D eigenvalue weighted by atomic mass is 32.1. The SMILES string of the molecule is COc1ccc2nc(N(Cc3ccco3)C(=O)c3cc4ccccc4o3)sc2c1. The summed E-state index contributed by atoms with van der Waals surface area (Å²) >= 11 is 1.42. The number of aromatic nitrogens is 1. The van der Waals surface area contributed by atoms with Crippen LogP contribution in [0.25, 0.3) is 21.2 Å². The van der Waals surface area contributed by atoms with Crippen LogP contribution >= 0.6 is 11.3 Å².